The van der Waals surface area contributed by atoms with Crippen molar-refractivity contribution in [1.29, 1.82) is 0 Å². The molecule has 5 rings (SSSR count). The first-order valence-electron chi connectivity index (χ1n) is 8.82. The standard InChI is InChI=1S/C20H17N5O2/c1-3-14(10-21-6-1)20-22-11-15-12-25(7-5-17(15)23-20)13-16-9-19(27-24-16)18-4-2-8-26-18/h1-4,6,8-11H,5,7,12-13H2. The average molecular weight is 359 g/mol. The van der Waals surface area contributed by atoms with Crippen LogP contribution in [0.25, 0.3) is 22.9 Å². The maximum absolute atomic E-state index is 5.38. The van der Waals surface area contributed by atoms with Gasteiger partial charge in [-0.05, 0) is 24.3 Å². The third-order valence-corrected chi connectivity index (χ3v) is 4.64. The Hall–Kier alpha value is -3.32. The molecule has 0 spiro atoms. The Morgan fingerprint density at radius 1 is 1.11 bits per heavy atom. The zero-order valence-corrected chi connectivity index (χ0v) is 14.6. The van der Waals surface area contributed by atoms with Crippen molar-refractivity contribution in [1.82, 2.24) is 25.0 Å². The Balaban J connectivity index is 1.30. The van der Waals surface area contributed by atoms with Crippen LogP contribution in [0.5, 0.6) is 0 Å². The van der Waals surface area contributed by atoms with Crippen LogP contribution in [-0.2, 0) is 19.5 Å². The van der Waals surface area contributed by atoms with Crippen LogP contribution in [0.4, 0.5) is 0 Å². The lowest BCUT2D eigenvalue weighted by Gasteiger charge is -2.27. The first kappa shape index (κ1) is 15.9. The van der Waals surface area contributed by atoms with E-state index in [-0.39, 0.29) is 0 Å². The molecule has 0 unspecified atom stereocenters. The molecule has 134 valence electrons. The molecule has 0 aromatic carbocycles. The average Bonchev–Trinajstić information content (AvgIpc) is 3.40. The zero-order chi connectivity index (χ0) is 18.1. The summed E-state index contributed by atoms with van der Waals surface area (Å²) in [4.78, 5) is 15.7. The van der Waals surface area contributed by atoms with Gasteiger partial charge < -0.3 is 8.94 Å². The summed E-state index contributed by atoms with van der Waals surface area (Å²) in [7, 11) is 0. The van der Waals surface area contributed by atoms with Crippen LogP contribution in [0.15, 0.2) is 64.1 Å². The molecule has 7 heteroatoms. The molecular formula is C20H17N5O2. The third-order valence-electron chi connectivity index (χ3n) is 4.64. The van der Waals surface area contributed by atoms with Crippen molar-refractivity contribution in [2.75, 3.05) is 6.54 Å². The minimum absolute atomic E-state index is 0.650. The molecule has 0 saturated carbocycles. The predicted molar refractivity (Wildman–Crippen MR) is 97.3 cm³/mol. The molecular weight excluding hydrogens is 342 g/mol. The SMILES string of the molecule is c1cncc(-c2ncc3c(n2)CCN(Cc2cc(-c4ccco4)on2)C3)c1. The molecule has 0 bridgehead atoms. The summed E-state index contributed by atoms with van der Waals surface area (Å²) in [5.41, 5.74) is 4.09. The number of fused-ring (bicyclic) bond motifs is 1. The van der Waals surface area contributed by atoms with Crippen molar-refractivity contribution >= 4 is 0 Å². The van der Waals surface area contributed by atoms with E-state index in [1.54, 1.807) is 18.7 Å². The van der Waals surface area contributed by atoms with Gasteiger partial charge in [0.2, 0.25) is 5.76 Å². The first-order valence-corrected chi connectivity index (χ1v) is 8.82. The quantitative estimate of drug-likeness (QED) is 0.553. The lowest BCUT2D eigenvalue weighted by Crippen LogP contribution is -2.31. The van der Waals surface area contributed by atoms with Gasteiger partial charge in [-0.1, -0.05) is 5.16 Å². The summed E-state index contributed by atoms with van der Waals surface area (Å²) in [6.45, 7) is 2.43. The molecule has 5 heterocycles. The van der Waals surface area contributed by atoms with Gasteiger partial charge in [0.15, 0.2) is 11.6 Å². The highest BCUT2D eigenvalue weighted by Crippen LogP contribution is 2.24. The molecule has 1 aliphatic rings. The van der Waals surface area contributed by atoms with Crippen molar-refractivity contribution < 1.29 is 8.94 Å². The fourth-order valence-corrected chi connectivity index (χ4v) is 3.29. The monoisotopic (exact) mass is 359 g/mol. The number of aromatic nitrogens is 4. The molecule has 0 aliphatic carbocycles. The van der Waals surface area contributed by atoms with E-state index in [1.807, 2.05) is 36.5 Å². The van der Waals surface area contributed by atoms with Crippen molar-refractivity contribution in [2.24, 2.45) is 0 Å². The van der Waals surface area contributed by atoms with E-state index in [0.717, 1.165) is 47.8 Å². The number of pyridine rings is 1. The van der Waals surface area contributed by atoms with Crippen LogP contribution in [0.2, 0.25) is 0 Å². The van der Waals surface area contributed by atoms with Gasteiger partial charge in [0, 0.05) is 61.8 Å². The van der Waals surface area contributed by atoms with E-state index >= 15 is 0 Å². The fourth-order valence-electron chi connectivity index (χ4n) is 3.29. The van der Waals surface area contributed by atoms with Gasteiger partial charge in [0.1, 0.15) is 0 Å². The molecule has 4 aromatic heterocycles. The zero-order valence-electron chi connectivity index (χ0n) is 14.6. The second-order valence-electron chi connectivity index (χ2n) is 6.53. The van der Waals surface area contributed by atoms with Crippen molar-refractivity contribution in [3.05, 3.63) is 72.1 Å². The Morgan fingerprint density at radius 2 is 2.11 bits per heavy atom. The summed E-state index contributed by atoms with van der Waals surface area (Å²) < 4.78 is 10.7. The van der Waals surface area contributed by atoms with Gasteiger partial charge in [-0.2, -0.15) is 0 Å². The summed E-state index contributed by atoms with van der Waals surface area (Å²) in [6.07, 6.45) is 7.97. The number of hydrogen-bond donors (Lipinski definition) is 0. The van der Waals surface area contributed by atoms with Gasteiger partial charge in [-0.25, -0.2) is 9.97 Å². The Bertz CT molecular complexity index is 1040. The van der Waals surface area contributed by atoms with Crippen LogP contribution in [0, 0.1) is 0 Å². The number of nitrogens with zero attached hydrogens (tertiary/aromatic N) is 5. The molecule has 27 heavy (non-hydrogen) atoms. The topological polar surface area (TPSA) is 81.1 Å². The fraction of sp³-hybridized carbons (Fsp3) is 0.200. The van der Waals surface area contributed by atoms with Crippen molar-refractivity contribution in [3.63, 3.8) is 0 Å². The van der Waals surface area contributed by atoms with Crippen LogP contribution >= 0.6 is 0 Å². The Kier molecular flexibility index (Phi) is 3.99. The van der Waals surface area contributed by atoms with E-state index in [9.17, 15) is 0 Å². The van der Waals surface area contributed by atoms with E-state index in [1.165, 1.54) is 0 Å². The van der Waals surface area contributed by atoms with Crippen LogP contribution in [0.1, 0.15) is 17.0 Å². The van der Waals surface area contributed by atoms with Gasteiger partial charge in [0.25, 0.3) is 0 Å². The number of rotatable bonds is 4. The Morgan fingerprint density at radius 3 is 2.96 bits per heavy atom. The first-order chi connectivity index (χ1) is 13.3. The largest absolute Gasteiger partial charge is 0.461 e. The summed E-state index contributed by atoms with van der Waals surface area (Å²) in [5, 5.41) is 4.16. The highest BCUT2D eigenvalue weighted by molar-refractivity contribution is 5.53. The van der Waals surface area contributed by atoms with Crippen molar-refractivity contribution in [2.45, 2.75) is 19.5 Å². The van der Waals surface area contributed by atoms with Gasteiger partial charge in [0.05, 0.1) is 17.7 Å². The minimum atomic E-state index is 0.650. The molecule has 0 saturated heterocycles. The van der Waals surface area contributed by atoms with E-state index in [0.29, 0.717) is 18.1 Å². The van der Waals surface area contributed by atoms with E-state index < -0.39 is 0 Å². The van der Waals surface area contributed by atoms with Crippen molar-refractivity contribution in [3.8, 4) is 22.9 Å². The second kappa shape index (κ2) is 6.77. The van der Waals surface area contributed by atoms with Crippen LogP contribution < -0.4 is 0 Å². The molecule has 7 nitrogen and oxygen atoms in total. The minimum Gasteiger partial charge on any atom is -0.461 e. The highest BCUT2D eigenvalue weighted by atomic mass is 16.5. The van der Waals surface area contributed by atoms with E-state index in [4.69, 9.17) is 13.9 Å². The molecule has 0 fully saturated rings. The van der Waals surface area contributed by atoms with Gasteiger partial charge in [-0.3, -0.25) is 9.88 Å². The molecule has 0 radical (unpaired) electrons. The van der Waals surface area contributed by atoms with Crippen LogP contribution in [-0.4, -0.2) is 31.6 Å². The Labute approximate surface area is 155 Å². The normalized spacial score (nSPS) is 14.2. The predicted octanol–water partition coefficient (Wildman–Crippen LogP) is 3.34. The van der Waals surface area contributed by atoms with E-state index in [2.05, 4.69) is 20.0 Å². The maximum Gasteiger partial charge on any atom is 0.202 e. The molecule has 4 aromatic rings. The summed E-state index contributed by atoms with van der Waals surface area (Å²) in [5.74, 6) is 2.07. The lowest BCUT2D eigenvalue weighted by molar-refractivity contribution is 0.235. The molecule has 0 amide bonds. The summed E-state index contributed by atoms with van der Waals surface area (Å²) in [6, 6.07) is 9.49. The van der Waals surface area contributed by atoms with Gasteiger partial charge >= 0.3 is 0 Å². The lowest BCUT2D eigenvalue weighted by atomic mass is 10.1. The number of furan rings is 1. The molecule has 1 aliphatic heterocycles. The molecule has 0 atom stereocenters. The van der Waals surface area contributed by atoms with Gasteiger partial charge in [-0.15, -0.1) is 0 Å². The third kappa shape index (κ3) is 3.24. The van der Waals surface area contributed by atoms with Crippen LogP contribution in [0.3, 0.4) is 0 Å². The molecule has 0 N–H and O–H groups in total. The smallest absolute Gasteiger partial charge is 0.202 e. The second-order valence-corrected chi connectivity index (χ2v) is 6.53. The maximum atomic E-state index is 5.38. The highest BCUT2D eigenvalue weighted by Gasteiger charge is 2.20. The number of hydrogen-bond acceptors (Lipinski definition) is 7. The summed E-state index contributed by atoms with van der Waals surface area (Å²) >= 11 is 0.